The van der Waals surface area contributed by atoms with Crippen molar-refractivity contribution in [2.24, 2.45) is 0 Å². The first kappa shape index (κ1) is 10.8. The first-order chi connectivity index (χ1) is 8.25. The van der Waals surface area contributed by atoms with Crippen molar-refractivity contribution in [2.45, 2.75) is 25.7 Å². The Balaban J connectivity index is 1.95. The quantitative estimate of drug-likeness (QED) is 0.803. The Kier molecular flexibility index (Phi) is 2.63. The molecular formula is C14H15NOS. The Morgan fingerprint density at radius 1 is 1.35 bits per heavy atom. The third-order valence-electron chi connectivity index (χ3n) is 3.13. The third kappa shape index (κ3) is 1.84. The van der Waals surface area contributed by atoms with Gasteiger partial charge in [-0.05, 0) is 12.0 Å². The molecule has 2 nitrogen and oxygen atoms in total. The van der Waals surface area contributed by atoms with E-state index in [9.17, 15) is 0 Å². The van der Waals surface area contributed by atoms with Gasteiger partial charge >= 0.3 is 0 Å². The number of hydrogen-bond donors (Lipinski definition) is 0. The van der Waals surface area contributed by atoms with Gasteiger partial charge < -0.3 is 4.74 Å². The van der Waals surface area contributed by atoms with E-state index >= 15 is 0 Å². The maximum Gasteiger partial charge on any atom is 0.123 e. The van der Waals surface area contributed by atoms with Crippen molar-refractivity contribution in [3.05, 3.63) is 45.9 Å². The third-order valence-corrected chi connectivity index (χ3v) is 4.11. The summed E-state index contributed by atoms with van der Waals surface area (Å²) in [7, 11) is 0. The molecule has 0 radical (unpaired) electrons. The van der Waals surface area contributed by atoms with Crippen molar-refractivity contribution < 1.29 is 4.74 Å². The van der Waals surface area contributed by atoms with Crippen LogP contribution in [-0.2, 0) is 0 Å². The maximum atomic E-state index is 5.70. The molecule has 88 valence electrons. The first-order valence-corrected chi connectivity index (χ1v) is 6.80. The molecule has 0 aliphatic carbocycles. The van der Waals surface area contributed by atoms with Gasteiger partial charge in [-0.2, -0.15) is 0 Å². The van der Waals surface area contributed by atoms with Crippen LogP contribution in [0.3, 0.4) is 0 Å². The van der Waals surface area contributed by atoms with E-state index in [0.717, 1.165) is 12.4 Å². The highest BCUT2D eigenvalue weighted by atomic mass is 32.1. The molecule has 0 amide bonds. The molecule has 0 spiro atoms. The Morgan fingerprint density at radius 3 is 2.94 bits per heavy atom. The fraction of sp³-hybridized carbons (Fsp3) is 0.357. The zero-order valence-corrected chi connectivity index (χ0v) is 10.8. The second-order valence-electron chi connectivity index (χ2n) is 4.67. The molecule has 0 fully saturated rings. The van der Waals surface area contributed by atoms with Crippen molar-refractivity contribution >= 4 is 11.3 Å². The highest BCUT2D eigenvalue weighted by Gasteiger charge is 2.27. The molecule has 1 atom stereocenters. The topological polar surface area (TPSA) is 22.1 Å². The molecular weight excluding hydrogens is 230 g/mol. The van der Waals surface area contributed by atoms with E-state index in [-0.39, 0.29) is 0 Å². The lowest BCUT2D eigenvalue weighted by atomic mass is 10.0. The number of nitrogens with zero attached hydrogens (tertiary/aromatic N) is 1. The number of aromatic nitrogens is 1. The number of thiazole rings is 1. The first-order valence-electron chi connectivity index (χ1n) is 5.92. The summed E-state index contributed by atoms with van der Waals surface area (Å²) < 4.78 is 5.70. The van der Waals surface area contributed by atoms with Crippen LogP contribution in [0.5, 0.6) is 5.75 Å². The van der Waals surface area contributed by atoms with Gasteiger partial charge in [-0.25, -0.2) is 4.98 Å². The second-order valence-corrected chi connectivity index (χ2v) is 5.56. The van der Waals surface area contributed by atoms with Crippen LogP contribution in [0.1, 0.15) is 41.9 Å². The fourth-order valence-corrected chi connectivity index (χ4v) is 3.18. The number of benzene rings is 1. The number of ether oxygens (including phenoxy) is 1. The summed E-state index contributed by atoms with van der Waals surface area (Å²) in [4.78, 5) is 4.73. The number of rotatable bonds is 2. The van der Waals surface area contributed by atoms with Crippen LogP contribution in [0.2, 0.25) is 0 Å². The zero-order valence-electron chi connectivity index (χ0n) is 10.0. The highest BCUT2D eigenvalue weighted by Crippen LogP contribution is 2.39. The highest BCUT2D eigenvalue weighted by molar-refractivity contribution is 7.09. The zero-order chi connectivity index (χ0) is 11.8. The van der Waals surface area contributed by atoms with Crippen LogP contribution >= 0.6 is 11.3 Å². The Labute approximate surface area is 105 Å². The van der Waals surface area contributed by atoms with Crippen molar-refractivity contribution in [3.8, 4) is 5.75 Å². The van der Waals surface area contributed by atoms with E-state index in [1.165, 1.54) is 16.3 Å². The van der Waals surface area contributed by atoms with Crippen molar-refractivity contribution in [1.29, 1.82) is 0 Å². The van der Waals surface area contributed by atoms with Gasteiger partial charge in [0.1, 0.15) is 17.4 Å². The molecule has 2 heterocycles. The molecule has 0 bridgehead atoms. The Morgan fingerprint density at radius 2 is 2.18 bits per heavy atom. The molecule has 0 N–H and O–H groups in total. The standard InChI is InChI=1S/C14H15NOS/c1-9(2)12-8-17-14(15-12)11-7-16-13-6-4-3-5-10(11)13/h3-6,8-9,11H,7H2,1-2H3. The number of fused-ring (bicyclic) bond motifs is 1. The van der Waals surface area contributed by atoms with Gasteiger partial charge in [-0.15, -0.1) is 11.3 Å². The molecule has 3 rings (SSSR count). The van der Waals surface area contributed by atoms with E-state index in [2.05, 4.69) is 31.4 Å². The molecule has 17 heavy (non-hydrogen) atoms. The molecule has 1 aromatic carbocycles. The summed E-state index contributed by atoms with van der Waals surface area (Å²) in [6, 6.07) is 8.26. The normalized spacial score (nSPS) is 18.2. The SMILES string of the molecule is CC(C)c1csc(C2COc3ccccc32)n1. The van der Waals surface area contributed by atoms with Gasteiger partial charge in [0, 0.05) is 10.9 Å². The summed E-state index contributed by atoms with van der Waals surface area (Å²) in [6.07, 6.45) is 0. The minimum absolute atomic E-state index is 0.323. The molecule has 1 aromatic heterocycles. The van der Waals surface area contributed by atoms with Gasteiger partial charge in [0.2, 0.25) is 0 Å². The summed E-state index contributed by atoms with van der Waals surface area (Å²) in [6.45, 7) is 5.08. The van der Waals surface area contributed by atoms with Gasteiger partial charge in [-0.3, -0.25) is 0 Å². The summed E-state index contributed by atoms with van der Waals surface area (Å²) in [5.41, 5.74) is 2.46. The predicted molar refractivity (Wildman–Crippen MR) is 70.0 cm³/mol. The molecule has 1 aliphatic rings. The molecule has 3 heteroatoms. The van der Waals surface area contributed by atoms with Gasteiger partial charge in [0.05, 0.1) is 11.6 Å². The average Bonchev–Trinajstić information content (AvgIpc) is 2.95. The largest absolute Gasteiger partial charge is 0.492 e. The molecule has 1 unspecified atom stereocenters. The van der Waals surface area contributed by atoms with Gasteiger partial charge in [0.15, 0.2) is 0 Å². The number of para-hydroxylation sites is 1. The fourth-order valence-electron chi connectivity index (χ4n) is 2.09. The monoisotopic (exact) mass is 245 g/mol. The van der Waals surface area contributed by atoms with E-state index in [0.29, 0.717) is 11.8 Å². The smallest absolute Gasteiger partial charge is 0.123 e. The molecule has 2 aromatic rings. The van der Waals surface area contributed by atoms with Crippen molar-refractivity contribution in [2.75, 3.05) is 6.61 Å². The number of hydrogen-bond acceptors (Lipinski definition) is 3. The van der Waals surface area contributed by atoms with E-state index in [4.69, 9.17) is 9.72 Å². The van der Waals surface area contributed by atoms with Crippen LogP contribution < -0.4 is 4.74 Å². The maximum absolute atomic E-state index is 5.70. The predicted octanol–water partition coefficient (Wildman–Crippen LogP) is 3.79. The average molecular weight is 245 g/mol. The van der Waals surface area contributed by atoms with Crippen LogP contribution in [0, 0.1) is 0 Å². The van der Waals surface area contributed by atoms with Gasteiger partial charge in [0.25, 0.3) is 0 Å². The van der Waals surface area contributed by atoms with Gasteiger partial charge in [-0.1, -0.05) is 32.0 Å². The minimum atomic E-state index is 0.323. The van der Waals surface area contributed by atoms with E-state index in [1.807, 2.05) is 12.1 Å². The summed E-state index contributed by atoms with van der Waals surface area (Å²) >= 11 is 1.75. The second kappa shape index (κ2) is 4.15. The van der Waals surface area contributed by atoms with Crippen LogP contribution in [0.4, 0.5) is 0 Å². The van der Waals surface area contributed by atoms with Crippen LogP contribution in [0.15, 0.2) is 29.6 Å². The lowest BCUT2D eigenvalue weighted by Gasteiger charge is -2.04. The Hall–Kier alpha value is -1.35. The summed E-state index contributed by atoms with van der Waals surface area (Å²) in [5, 5.41) is 3.35. The van der Waals surface area contributed by atoms with Crippen molar-refractivity contribution in [1.82, 2.24) is 4.98 Å². The Bertz CT molecular complexity index is 533. The van der Waals surface area contributed by atoms with Crippen molar-refractivity contribution in [3.63, 3.8) is 0 Å². The minimum Gasteiger partial charge on any atom is -0.492 e. The summed E-state index contributed by atoms with van der Waals surface area (Å²) in [5.74, 6) is 1.83. The molecule has 0 saturated carbocycles. The van der Waals surface area contributed by atoms with Crippen LogP contribution in [-0.4, -0.2) is 11.6 Å². The lowest BCUT2D eigenvalue weighted by Crippen LogP contribution is -2.02. The molecule has 1 aliphatic heterocycles. The lowest BCUT2D eigenvalue weighted by molar-refractivity contribution is 0.342. The van der Waals surface area contributed by atoms with Crippen LogP contribution in [0.25, 0.3) is 0 Å². The van der Waals surface area contributed by atoms with E-state index < -0.39 is 0 Å². The molecule has 0 saturated heterocycles. The van der Waals surface area contributed by atoms with E-state index in [1.54, 1.807) is 11.3 Å².